The van der Waals surface area contributed by atoms with Crippen LogP contribution in [0.3, 0.4) is 0 Å². The van der Waals surface area contributed by atoms with Crippen molar-refractivity contribution < 1.29 is 19.1 Å². The number of carbonyl (C=O) groups excluding carboxylic acids is 1. The summed E-state index contributed by atoms with van der Waals surface area (Å²) in [7, 11) is 0. The molecule has 0 bridgehead atoms. The summed E-state index contributed by atoms with van der Waals surface area (Å²) < 4.78 is 15.6. The Hall–Kier alpha value is -2.80. The minimum Gasteiger partial charge on any atom is -0.480 e. The molecule has 0 aliphatic heterocycles. The normalized spacial score (nSPS) is 13.1. The van der Waals surface area contributed by atoms with Gasteiger partial charge in [-0.2, -0.15) is 4.99 Å². The highest BCUT2D eigenvalue weighted by atomic mass is 32.1. The number of rotatable bonds is 4. The number of amides is 1. The number of carboxylic acids is 1. The third-order valence-corrected chi connectivity index (χ3v) is 5.09. The number of hydrogen-bond donors (Lipinski definition) is 1. The molecule has 7 heteroatoms. The lowest BCUT2D eigenvalue weighted by molar-refractivity contribution is -0.140. The largest absolute Gasteiger partial charge is 0.480 e. The van der Waals surface area contributed by atoms with Crippen LogP contribution in [0.4, 0.5) is 4.39 Å². The second-order valence-corrected chi connectivity index (χ2v) is 6.92. The molecule has 0 saturated carbocycles. The number of aryl methyl sites for hydroxylation is 1. The van der Waals surface area contributed by atoms with Crippen LogP contribution in [0.25, 0.3) is 10.2 Å². The van der Waals surface area contributed by atoms with Crippen LogP contribution in [0.15, 0.2) is 47.5 Å². The van der Waals surface area contributed by atoms with Crippen LogP contribution in [0.2, 0.25) is 0 Å². The fourth-order valence-corrected chi connectivity index (χ4v) is 3.80. The Bertz CT molecular complexity index is 1050. The zero-order valence-electron chi connectivity index (χ0n) is 14.3. The smallest absolute Gasteiger partial charge is 0.326 e. The summed E-state index contributed by atoms with van der Waals surface area (Å²) in [6.45, 7) is 3.66. The Balaban J connectivity index is 2.22. The zero-order valence-corrected chi connectivity index (χ0v) is 15.1. The number of halogens is 1. The van der Waals surface area contributed by atoms with Gasteiger partial charge in [0.25, 0.3) is 5.91 Å². The van der Waals surface area contributed by atoms with E-state index in [4.69, 9.17) is 0 Å². The van der Waals surface area contributed by atoms with Crippen molar-refractivity contribution >= 4 is 33.4 Å². The van der Waals surface area contributed by atoms with Gasteiger partial charge < -0.3 is 9.67 Å². The summed E-state index contributed by atoms with van der Waals surface area (Å²) in [5.74, 6) is -1.92. The van der Waals surface area contributed by atoms with Crippen molar-refractivity contribution in [2.75, 3.05) is 0 Å². The van der Waals surface area contributed by atoms with E-state index in [1.807, 2.05) is 19.1 Å². The number of aromatic nitrogens is 1. The van der Waals surface area contributed by atoms with Crippen LogP contribution in [0.5, 0.6) is 0 Å². The monoisotopic (exact) mass is 372 g/mol. The molecule has 3 rings (SSSR count). The van der Waals surface area contributed by atoms with Gasteiger partial charge in [0.1, 0.15) is 11.9 Å². The number of carbonyl (C=O) groups is 2. The van der Waals surface area contributed by atoms with E-state index in [1.165, 1.54) is 22.8 Å². The molecule has 0 aliphatic rings. The van der Waals surface area contributed by atoms with E-state index in [-0.39, 0.29) is 4.80 Å². The number of carboxylic acid groups (broad SMARTS) is 1. The van der Waals surface area contributed by atoms with Crippen molar-refractivity contribution in [1.82, 2.24) is 4.57 Å². The molecule has 0 fully saturated rings. The van der Waals surface area contributed by atoms with E-state index in [0.717, 1.165) is 16.9 Å². The quantitative estimate of drug-likeness (QED) is 0.754. The van der Waals surface area contributed by atoms with Gasteiger partial charge in [-0.05, 0) is 43.7 Å². The lowest BCUT2D eigenvalue weighted by atomic mass is 10.1. The molecular formula is C19H17FN2O3S. The molecular weight excluding hydrogens is 355 g/mol. The van der Waals surface area contributed by atoms with Gasteiger partial charge in [-0.25, -0.2) is 9.18 Å². The Labute approximate surface area is 153 Å². The van der Waals surface area contributed by atoms with Crippen LogP contribution < -0.4 is 4.80 Å². The Morgan fingerprint density at radius 3 is 2.54 bits per heavy atom. The highest BCUT2D eigenvalue weighted by Gasteiger charge is 2.22. The molecule has 1 atom stereocenters. The van der Waals surface area contributed by atoms with Crippen LogP contribution in [-0.2, 0) is 4.79 Å². The number of aliphatic carboxylic acids is 1. The van der Waals surface area contributed by atoms with E-state index >= 15 is 0 Å². The molecule has 0 saturated heterocycles. The summed E-state index contributed by atoms with van der Waals surface area (Å²) in [6, 6.07) is 10.2. The first-order valence-corrected chi connectivity index (χ1v) is 8.91. The molecule has 1 amide bonds. The average molecular weight is 372 g/mol. The molecule has 134 valence electrons. The fourth-order valence-electron chi connectivity index (χ4n) is 2.71. The van der Waals surface area contributed by atoms with Gasteiger partial charge >= 0.3 is 5.97 Å². The van der Waals surface area contributed by atoms with E-state index in [2.05, 4.69) is 4.99 Å². The average Bonchev–Trinajstić information content (AvgIpc) is 2.93. The summed E-state index contributed by atoms with van der Waals surface area (Å²) >= 11 is 1.10. The number of benzene rings is 2. The van der Waals surface area contributed by atoms with Crippen LogP contribution in [-0.4, -0.2) is 21.6 Å². The number of fused-ring (bicyclic) bond motifs is 1. The third-order valence-electron chi connectivity index (χ3n) is 4.07. The van der Waals surface area contributed by atoms with Gasteiger partial charge in [-0.15, -0.1) is 0 Å². The molecule has 1 heterocycles. The summed E-state index contributed by atoms with van der Waals surface area (Å²) in [5.41, 5.74) is 1.97. The molecule has 26 heavy (non-hydrogen) atoms. The highest BCUT2D eigenvalue weighted by molar-refractivity contribution is 7.16. The van der Waals surface area contributed by atoms with Crippen molar-refractivity contribution in [3.63, 3.8) is 0 Å². The fraction of sp³-hybridized carbons (Fsp3) is 0.211. The van der Waals surface area contributed by atoms with Crippen LogP contribution >= 0.6 is 11.3 Å². The van der Waals surface area contributed by atoms with Gasteiger partial charge in [-0.1, -0.05) is 36.0 Å². The Morgan fingerprint density at radius 2 is 1.92 bits per heavy atom. The predicted molar refractivity (Wildman–Crippen MR) is 97.8 cm³/mol. The van der Waals surface area contributed by atoms with Gasteiger partial charge in [-0.3, -0.25) is 4.79 Å². The molecule has 3 aromatic rings. The Morgan fingerprint density at radius 1 is 1.23 bits per heavy atom. The topological polar surface area (TPSA) is 71.7 Å². The maximum atomic E-state index is 13.6. The van der Waals surface area contributed by atoms with Crippen molar-refractivity contribution in [3.8, 4) is 0 Å². The molecule has 5 nitrogen and oxygen atoms in total. The van der Waals surface area contributed by atoms with E-state index in [1.54, 1.807) is 19.1 Å². The zero-order chi connectivity index (χ0) is 18.8. The van der Waals surface area contributed by atoms with Gasteiger partial charge in [0.2, 0.25) is 0 Å². The Kier molecular flexibility index (Phi) is 4.99. The van der Waals surface area contributed by atoms with Gasteiger partial charge in [0.05, 0.1) is 10.2 Å². The van der Waals surface area contributed by atoms with E-state index < -0.39 is 23.7 Å². The number of nitrogens with zero attached hydrogens (tertiary/aromatic N) is 2. The molecule has 2 aromatic carbocycles. The first-order chi connectivity index (χ1) is 12.4. The van der Waals surface area contributed by atoms with E-state index in [9.17, 15) is 19.1 Å². The number of hydrogen-bond acceptors (Lipinski definition) is 3. The van der Waals surface area contributed by atoms with Crippen molar-refractivity contribution in [3.05, 3.63) is 64.2 Å². The van der Waals surface area contributed by atoms with Crippen molar-refractivity contribution in [1.29, 1.82) is 0 Å². The number of thiazole rings is 1. The highest BCUT2D eigenvalue weighted by Crippen LogP contribution is 2.23. The van der Waals surface area contributed by atoms with Crippen molar-refractivity contribution in [2.24, 2.45) is 4.99 Å². The van der Waals surface area contributed by atoms with Crippen LogP contribution in [0, 0.1) is 12.7 Å². The molecule has 0 spiro atoms. The standard InChI is InChI=1S/C19H17FN2O3S/c1-3-14(18(24)25)22-15-9-8-13(20)10-16(15)26-19(22)21-17(23)12-6-4-11(2)5-7-12/h4-10,14H,3H2,1-2H3,(H,24,25). The molecule has 0 radical (unpaired) electrons. The summed E-state index contributed by atoms with van der Waals surface area (Å²) in [4.78, 5) is 28.6. The summed E-state index contributed by atoms with van der Waals surface area (Å²) in [5, 5.41) is 9.55. The first kappa shape index (κ1) is 18.0. The third kappa shape index (κ3) is 3.43. The lowest BCUT2D eigenvalue weighted by Gasteiger charge is -2.13. The molecule has 0 aliphatic carbocycles. The predicted octanol–water partition coefficient (Wildman–Crippen LogP) is 3.93. The molecule has 1 unspecified atom stereocenters. The molecule has 1 aromatic heterocycles. The summed E-state index contributed by atoms with van der Waals surface area (Å²) in [6.07, 6.45) is 0.310. The second-order valence-electron chi connectivity index (χ2n) is 5.91. The van der Waals surface area contributed by atoms with Crippen LogP contribution in [0.1, 0.15) is 35.3 Å². The minimum atomic E-state index is -1.03. The molecule has 1 N–H and O–H groups in total. The van der Waals surface area contributed by atoms with E-state index in [0.29, 0.717) is 22.2 Å². The van der Waals surface area contributed by atoms with Gasteiger partial charge in [0, 0.05) is 5.56 Å². The maximum absolute atomic E-state index is 13.6. The maximum Gasteiger partial charge on any atom is 0.326 e. The SMILES string of the molecule is CCC(C(=O)O)n1c(=NC(=O)c2ccc(C)cc2)sc2cc(F)ccc21. The minimum absolute atomic E-state index is 0.241. The lowest BCUT2D eigenvalue weighted by Crippen LogP contribution is -2.27. The van der Waals surface area contributed by atoms with Gasteiger partial charge in [0.15, 0.2) is 4.80 Å². The first-order valence-electron chi connectivity index (χ1n) is 8.10. The second kappa shape index (κ2) is 7.21. The van der Waals surface area contributed by atoms with Crippen molar-refractivity contribution in [2.45, 2.75) is 26.3 Å².